The van der Waals surface area contributed by atoms with Gasteiger partial charge in [-0.3, -0.25) is 9.78 Å². The normalized spacial score (nSPS) is 16.6. The zero-order valence-corrected chi connectivity index (χ0v) is 17.2. The zero-order chi connectivity index (χ0) is 21.0. The standard InChI is InChI=1S/C23H24N6O2/c30-22(10-9-20-25-18-7-1-2-8-19(18)26-20)29-12-4-5-16(15-29)13-21-27-23(31-28-21)17-6-3-11-24-14-17/h1-3,6-8,11,14,16H,4-5,9-10,12-13,15H2,(H,25,26). The lowest BCUT2D eigenvalue weighted by Gasteiger charge is -2.32. The first-order chi connectivity index (χ1) is 15.2. The van der Waals surface area contributed by atoms with Gasteiger partial charge in [0, 0.05) is 44.7 Å². The number of benzene rings is 1. The highest BCUT2D eigenvalue weighted by Crippen LogP contribution is 2.23. The van der Waals surface area contributed by atoms with Crippen molar-refractivity contribution in [2.75, 3.05) is 13.1 Å². The van der Waals surface area contributed by atoms with Gasteiger partial charge in [-0.15, -0.1) is 0 Å². The molecule has 1 aliphatic heterocycles. The van der Waals surface area contributed by atoms with Crippen LogP contribution in [0.1, 0.15) is 30.9 Å². The van der Waals surface area contributed by atoms with Gasteiger partial charge in [0.15, 0.2) is 5.82 Å². The number of carbonyl (C=O) groups excluding carboxylic acids is 1. The van der Waals surface area contributed by atoms with Crippen LogP contribution in [-0.2, 0) is 17.6 Å². The molecule has 8 nitrogen and oxygen atoms in total. The lowest BCUT2D eigenvalue weighted by molar-refractivity contribution is -0.133. The van der Waals surface area contributed by atoms with Crippen molar-refractivity contribution in [2.45, 2.75) is 32.1 Å². The van der Waals surface area contributed by atoms with E-state index in [1.807, 2.05) is 41.3 Å². The van der Waals surface area contributed by atoms with E-state index in [2.05, 4.69) is 25.1 Å². The molecule has 1 N–H and O–H groups in total. The Kier molecular flexibility index (Phi) is 5.43. The zero-order valence-electron chi connectivity index (χ0n) is 17.2. The number of imidazole rings is 1. The second-order valence-corrected chi connectivity index (χ2v) is 8.01. The third kappa shape index (κ3) is 4.47. The minimum Gasteiger partial charge on any atom is -0.342 e. The molecular weight excluding hydrogens is 392 g/mol. The molecule has 5 rings (SSSR count). The largest absolute Gasteiger partial charge is 0.342 e. The number of nitrogens with one attached hydrogen (secondary N) is 1. The van der Waals surface area contributed by atoms with Gasteiger partial charge in [-0.1, -0.05) is 17.3 Å². The number of nitrogens with zero attached hydrogens (tertiary/aromatic N) is 5. The molecule has 0 saturated carbocycles. The van der Waals surface area contributed by atoms with E-state index in [1.165, 1.54) is 0 Å². The number of carbonyl (C=O) groups is 1. The number of aryl methyl sites for hydroxylation is 1. The number of aromatic amines is 1. The Morgan fingerprint density at radius 3 is 3.00 bits per heavy atom. The molecule has 4 heterocycles. The second kappa shape index (κ2) is 8.67. The van der Waals surface area contributed by atoms with E-state index in [0.29, 0.717) is 36.9 Å². The molecule has 1 fully saturated rings. The van der Waals surface area contributed by atoms with Crippen molar-refractivity contribution in [3.8, 4) is 11.5 Å². The Morgan fingerprint density at radius 1 is 1.19 bits per heavy atom. The van der Waals surface area contributed by atoms with Crippen LogP contribution < -0.4 is 0 Å². The van der Waals surface area contributed by atoms with Crippen molar-refractivity contribution in [3.63, 3.8) is 0 Å². The summed E-state index contributed by atoms with van der Waals surface area (Å²) in [7, 11) is 0. The number of fused-ring (bicyclic) bond motifs is 1. The number of hydrogen-bond acceptors (Lipinski definition) is 6. The SMILES string of the molecule is O=C(CCc1nc2ccccc2[nH]1)N1CCCC(Cc2noc(-c3cccnc3)n2)C1. The summed E-state index contributed by atoms with van der Waals surface area (Å²) in [6.45, 7) is 1.54. The molecule has 0 aliphatic carbocycles. The molecule has 0 bridgehead atoms. The first-order valence-electron chi connectivity index (χ1n) is 10.7. The summed E-state index contributed by atoms with van der Waals surface area (Å²) < 4.78 is 5.39. The number of pyridine rings is 1. The number of H-pyrrole nitrogens is 1. The molecule has 4 aromatic rings. The van der Waals surface area contributed by atoms with Crippen LogP contribution in [0.3, 0.4) is 0 Å². The molecule has 8 heteroatoms. The van der Waals surface area contributed by atoms with E-state index >= 15 is 0 Å². The van der Waals surface area contributed by atoms with Crippen molar-refractivity contribution in [2.24, 2.45) is 5.92 Å². The van der Waals surface area contributed by atoms with Crippen LogP contribution in [0.5, 0.6) is 0 Å². The molecule has 1 amide bonds. The van der Waals surface area contributed by atoms with Gasteiger partial charge in [0.25, 0.3) is 5.89 Å². The van der Waals surface area contributed by atoms with E-state index in [0.717, 1.165) is 48.4 Å². The summed E-state index contributed by atoms with van der Waals surface area (Å²) in [6, 6.07) is 11.7. The third-order valence-corrected chi connectivity index (χ3v) is 5.73. The van der Waals surface area contributed by atoms with Gasteiger partial charge in [-0.25, -0.2) is 4.98 Å². The fourth-order valence-corrected chi connectivity index (χ4v) is 4.17. The highest BCUT2D eigenvalue weighted by atomic mass is 16.5. The number of piperidine rings is 1. The van der Waals surface area contributed by atoms with Gasteiger partial charge >= 0.3 is 0 Å². The van der Waals surface area contributed by atoms with Gasteiger partial charge in [0.1, 0.15) is 5.82 Å². The van der Waals surface area contributed by atoms with Crippen molar-refractivity contribution in [3.05, 3.63) is 60.4 Å². The number of amides is 1. The molecule has 158 valence electrons. The smallest absolute Gasteiger partial charge is 0.259 e. The highest BCUT2D eigenvalue weighted by Gasteiger charge is 2.25. The van der Waals surface area contributed by atoms with Gasteiger partial charge in [-0.2, -0.15) is 4.98 Å². The van der Waals surface area contributed by atoms with Gasteiger partial charge in [0.05, 0.1) is 16.6 Å². The quantitative estimate of drug-likeness (QED) is 0.517. The summed E-state index contributed by atoms with van der Waals surface area (Å²) in [5, 5.41) is 4.12. The van der Waals surface area contributed by atoms with E-state index < -0.39 is 0 Å². The maximum atomic E-state index is 12.8. The molecular formula is C23H24N6O2. The van der Waals surface area contributed by atoms with Crippen LogP contribution in [0.4, 0.5) is 0 Å². The lowest BCUT2D eigenvalue weighted by Crippen LogP contribution is -2.40. The fourth-order valence-electron chi connectivity index (χ4n) is 4.17. The van der Waals surface area contributed by atoms with Crippen LogP contribution in [0.15, 0.2) is 53.3 Å². The fraction of sp³-hybridized carbons (Fsp3) is 0.348. The molecule has 1 saturated heterocycles. The van der Waals surface area contributed by atoms with Crippen molar-refractivity contribution >= 4 is 16.9 Å². The molecule has 0 radical (unpaired) electrons. The summed E-state index contributed by atoms with van der Waals surface area (Å²) in [6.07, 6.45) is 7.26. The molecule has 1 atom stereocenters. The first kappa shape index (κ1) is 19.4. The Labute approximate surface area is 179 Å². The molecule has 0 spiro atoms. The third-order valence-electron chi connectivity index (χ3n) is 5.73. The first-order valence-corrected chi connectivity index (χ1v) is 10.7. The monoisotopic (exact) mass is 416 g/mol. The molecule has 1 aliphatic rings. The number of para-hydroxylation sites is 2. The predicted octanol–water partition coefficient (Wildman–Crippen LogP) is 3.42. The molecule has 1 unspecified atom stereocenters. The second-order valence-electron chi connectivity index (χ2n) is 8.01. The molecule has 1 aromatic carbocycles. The minimum absolute atomic E-state index is 0.175. The Bertz CT molecular complexity index is 1140. The summed E-state index contributed by atoms with van der Waals surface area (Å²) in [5.74, 6) is 2.54. The number of rotatable bonds is 6. The van der Waals surface area contributed by atoms with Crippen molar-refractivity contribution < 1.29 is 9.32 Å². The van der Waals surface area contributed by atoms with Gasteiger partial charge in [0.2, 0.25) is 5.91 Å². The van der Waals surface area contributed by atoms with Crippen LogP contribution >= 0.6 is 0 Å². The summed E-state index contributed by atoms with van der Waals surface area (Å²) in [4.78, 5) is 31.2. The van der Waals surface area contributed by atoms with Crippen LogP contribution in [0.2, 0.25) is 0 Å². The van der Waals surface area contributed by atoms with Gasteiger partial charge < -0.3 is 14.4 Å². The van der Waals surface area contributed by atoms with E-state index in [-0.39, 0.29) is 5.91 Å². The average Bonchev–Trinajstić information content (AvgIpc) is 3.45. The van der Waals surface area contributed by atoms with E-state index in [9.17, 15) is 4.79 Å². The number of aromatic nitrogens is 5. The summed E-state index contributed by atoms with van der Waals surface area (Å²) >= 11 is 0. The highest BCUT2D eigenvalue weighted by molar-refractivity contribution is 5.77. The molecule has 31 heavy (non-hydrogen) atoms. The minimum atomic E-state index is 0.175. The maximum absolute atomic E-state index is 12.8. The summed E-state index contributed by atoms with van der Waals surface area (Å²) in [5.41, 5.74) is 2.76. The number of hydrogen-bond donors (Lipinski definition) is 1. The van der Waals surface area contributed by atoms with Crippen LogP contribution in [-0.4, -0.2) is 49.0 Å². The Morgan fingerprint density at radius 2 is 2.13 bits per heavy atom. The van der Waals surface area contributed by atoms with Crippen molar-refractivity contribution in [1.29, 1.82) is 0 Å². The van der Waals surface area contributed by atoms with Crippen molar-refractivity contribution in [1.82, 2.24) is 30.0 Å². The van der Waals surface area contributed by atoms with E-state index in [1.54, 1.807) is 12.4 Å². The Hall–Kier alpha value is -3.55. The van der Waals surface area contributed by atoms with Crippen LogP contribution in [0, 0.1) is 5.92 Å². The van der Waals surface area contributed by atoms with Crippen LogP contribution in [0.25, 0.3) is 22.5 Å². The van der Waals surface area contributed by atoms with E-state index in [4.69, 9.17) is 4.52 Å². The maximum Gasteiger partial charge on any atom is 0.259 e. The topological polar surface area (TPSA) is 101 Å². The molecule has 3 aromatic heterocycles. The Balaban J connectivity index is 1.16. The predicted molar refractivity (Wildman–Crippen MR) is 115 cm³/mol. The lowest BCUT2D eigenvalue weighted by atomic mass is 9.94. The average molecular weight is 416 g/mol. The van der Waals surface area contributed by atoms with Gasteiger partial charge in [-0.05, 0) is 43.0 Å². The number of likely N-dealkylation sites (tertiary alicyclic amines) is 1.